The van der Waals surface area contributed by atoms with E-state index in [2.05, 4.69) is 29.0 Å². The van der Waals surface area contributed by atoms with Crippen LogP contribution in [-0.2, 0) is 17.8 Å². The van der Waals surface area contributed by atoms with E-state index in [1.165, 1.54) is 29.7 Å². The largest absolute Gasteiger partial charge is 0.598 e. The van der Waals surface area contributed by atoms with Crippen LogP contribution in [0.25, 0.3) is 0 Å². The third-order valence-electron chi connectivity index (χ3n) is 7.51. The van der Waals surface area contributed by atoms with Crippen LogP contribution in [0, 0.1) is 11.3 Å². The minimum atomic E-state index is -1.09. The molecule has 3 aliphatic rings. The summed E-state index contributed by atoms with van der Waals surface area (Å²) >= 11 is 0.766. The topological polar surface area (TPSA) is 60.9 Å². The van der Waals surface area contributed by atoms with Crippen LogP contribution in [0.15, 0.2) is 41.7 Å². The molecule has 0 amide bonds. The molecule has 1 unspecified atom stereocenters. The molecule has 4 nitrogen and oxygen atoms in total. The van der Waals surface area contributed by atoms with Gasteiger partial charge in [-0.3, -0.25) is 4.98 Å². The smallest absolute Gasteiger partial charge is 0.136 e. The standard InChI is InChI=1S/C26H35N3OS2/c1-25(2,3)32(30)29-24-21-7-5-4-6-20(21)14-26(24)12-10-19(11-13-26)22-15-28-23(16-27-22)31-17-18-8-9-18/h4-7,15-16,18-19,24,29H,8-14,17H2,1-3H3/t19-,24?,26-,32-/m1/s1. The van der Waals surface area contributed by atoms with E-state index >= 15 is 0 Å². The lowest BCUT2D eigenvalue weighted by Gasteiger charge is -2.42. The van der Waals surface area contributed by atoms with E-state index in [9.17, 15) is 4.55 Å². The maximum atomic E-state index is 13.1. The minimum Gasteiger partial charge on any atom is -0.598 e. The highest BCUT2D eigenvalue weighted by molar-refractivity contribution is 7.99. The predicted molar refractivity (Wildman–Crippen MR) is 133 cm³/mol. The number of aromatic nitrogens is 2. The van der Waals surface area contributed by atoms with Gasteiger partial charge in [-0.1, -0.05) is 24.3 Å². The number of nitrogens with one attached hydrogen (secondary N) is 1. The van der Waals surface area contributed by atoms with E-state index in [1.54, 1.807) is 0 Å². The average Bonchev–Trinajstić information content (AvgIpc) is 3.57. The highest BCUT2D eigenvalue weighted by Gasteiger charge is 2.50. The zero-order valence-electron chi connectivity index (χ0n) is 19.5. The molecule has 0 radical (unpaired) electrons. The van der Waals surface area contributed by atoms with Gasteiger partial charge in [-0.2, -0.15) is 0 Å². The molecule has 2 fully saturated rings. The summed E-state index contributed by atoms with van der Waals surface area (Å²) in [6, 6.07) is 8.91. The van der Waals surface area contributed by atoms with Crippen molar-refractivity contribution in [3.05, 3.63) is 53.5 Å². The summed E-state index contributed by atoms with van der Waals surface area (Å²) < 4.78 is 16.3. The Morgan fingerprint density at radius 1 is 1.09 bits per heavy atom. The van der Waals surface area contributed by atoms with Gasteiger partial charge < -0.3 is 4.55 Å². The van der Waals surface area contributed by atoms with Crippen LogP contribution in [0.4, 0.5) is 0 Å². The summed E-state index contributed by atoms with van der Waals surface area (Å²) in [4.78, 5) is 9.51. The van der Waals surface area contributed by atoms with Gasteiger partial charge >= 0.3 is 0 Å². The number of hydrogen-bond donors (Lipinski definition) is 1. The van der Waals surface area contributed by atoms with Gasteiger partial charge in [-0.25, -0.2) is 4.98 Å². The van der Waals surface area contributed by atoms with E-state index in [0.29, 0.717) is 5.92 Å². The van der Waals surface area contributed by atoms with Gasteiger partial charge in [0.25, 0.3) is 0 Å². The maximum absolute atomic E-state index is 13.1. The number of hydrogen-bond acceptors (Lipinski definition) is 5. The Morgan fingerprint density at radius 3 is 2.50 bits per heavy atom. The van der Waals surface area contributed by atoms with Crippen molar-refractivity contribution < 1.29 is 4.55 Å². The van der Waals surface area contributed by atoms with Crippen molar-refractivity contribution in [2.45, 2.75) is 87.4 Å². The number of thioether (sulfide) groups is 1. The second-order valence-corrected chi connectivity index (χ2v) is 14.0. The molecule has 1 heterocycles. The molecule has 5 rings (SSSR count). The molecule has 0 bridgehead atoms. The van der Waals surface area contributed by atoms with Gasteiger partial charge in [0.1, 0.15) is 9.77 Å². The number of benzene rings is 1. The van der Waals surface area contributed by atoms with Gasteiger partial charge in [0.05, 0.1) is 17.9 Å². The molecule has 2 aromatic rings. The number of nitrogens with zero attached hydrogens (tertiary/aromatic N) is 2. The normalized spacial score (nSPS) is 28.6. The Hall–Kier alpha value is -1.08. The molecule has 0 saturated heterocycles. The van der Waals surface area contributed by atoms with Crippen molar-refractivity contribution in [2.24, 2.45) is 11.3 Å². The van der Waals surface area contributed by atoms with Crippen LogP contribution in [0.3, 0.4) is 0 Å². The quantitative estimate of drug-likeness (QED) is 0.417. The molecular weight excluding hydrogens is 434 g/mol. The van der Waals surface area contributed by atoms with Gasteiger partial charge in [0.15, 0.2) is 0 Å². The monoisotopic (exact) mass is 469 g/mol. The zero-order chi connectivity index (χ0) is 22.3. The lowest BCUT2D eigenvalue weighted by Crippen LogP contribution is -2.46. The molecule has 172 valence electrons. The van der Waals surface area contributed by atoms with Gasteiger partial charge in [0.2, 0.25) is 0 Å². The van der Waals surface area contributed by atoms with Crippen molar-refractivity contribution in [1.29, 1.82) is 0 Å². The SMILES string of the molecule is CC(C)(C)[S@@+]([O-])NC1c2ccccc2C[C@]12CC[C@@H](c1cnc(SCC3CC3)cn1)CC2. The molecule has 2 saturated carbocycles. The molecule has 1 spiro atoms. The van der Waals surface area contributed by atoms with Crippen molar-refractivity contribution in [1.82, 2.24) is 14.7 Å². The fourth-order valence-electron chi connectivity index (χ4n) is 5.31. The predicted octanol–water partition coefficient (Wildman–Crippen LogP) is 5.97. The molecular formula is C26H35N3OS2. The summed E-state index contributed by atoms with van der Waals surface area (Å²) in [5.74, 6) is 2.57. The second kappa shape index (κ2) is 8.94. The highest BCUT2D eigenvalue weighted by Crippen LogP contribution is 2.56. The highest BCUT2D eigenvalue weighted by atomic mass is 32.2. The maximum Gasteiger partial charge on any atom is 0.136 e. The first-order valence-corrected chi connectivity index (χ1v) is 14.2. The van der Waals surface area contributed by atoms with E-state index in [4.69, 9.17) is 9.97 Å². The molecule has 6 heteroatoms. The summed E-state index contributed by atoms with van der Waals surface area (Å²) in [6.07, 6.45) is 12.3. The van der Waals surface area contributed by atoms with Crippen LogP contribution in [0.2, 0.25) is 0 Å². The Bertz CT molecular complexity index is 931. The Morgan fingerprint density at radius 2 is 1.84 bits per heavy atom. The molecule has 2 atom stereocenters. The number of fused-ring (bicyclic) bond motifs is 1. The minimum absolute atomic E-state index is 0.147. The molecule has 3 aliphatic carbocycles. The summed E-state index contributed by atoms with van der Waals surface area (Å²) in [5.41, 5.74) is 4.06. The number of rotatable bonds is 6. The van der Waals surface area contributed by atoms with E-state index in [0.717, 1.165) is 48.7 Å². The Kier molecular flexibility index (Phi) is 6.34. The van der Waals surface area contributed by atoms with Crippen molar-refractivity contribution in [2.75, 3.05) is 5.75 Å². The van der Waals surface area contributed by atoms with Gasteiger partial charge in [0, 0.05) is 29.2 Å². The summed E-state index contributed by atoms with van der Waals surface area (Å²) in [6.45, 7) is 6.14. The molecule has 0 aliphatic heterocycles. The van der Waals surface area contributed by atoms with E-state index in [1.807, 2.05) is 44.9 Å². The first kappa shape index (κ1) is 22.7. The second-order valence-electron chi connectivity index (χ2n) is 11.0. The van der Waals surface area contributed by atoms with Crippen LogP contribution < -0.4 is 4.72 Å². The van der Waals surface area contributed by atoms with Crippen LogP contribution >= 0.6 is 11.8 Å². The van der Waals surface area contributed by atoms with Crippen molar-refractivity contribution in [3.63, 3.8) is 0 Å². The molecule has 1 N–H and O–H groups in total. The first-order chi connectivity index (χ1) is 15.3. The average molecular weight is 470 g/mol. The van der Waals surface area contributed by atoms with Gasteiger partial charge in [-0.15, -0.1) is 16.5 Å². The summed E-state index contributed by atoms with van der Waals surface area (Å²) in [7, 11) is 0. The Balaban J connectivity index is 1.28. The van der Waals surface area contributed by atoms with Gasteiger partial charge in [-0.05, 0) is 88.2 Å². The first-order valence-electron chi connectivity index (χ1n) is 12.0. The molecule has 32 heavy (non-hydrogen) atoms. The Labute approximate surface area is 200 Å². The van der Waals surface area contributed by atoms with Crippen LogP contribution in [-0.4, -0.2) is 25.0 Å². The van der Waals surface area contributed by atoms with Crippen molar-refractivity contribution >= 4 is 23.1 Å². The third kappa shape index (κ3) is 4.75. The van der Waals surface area contributed by atoms with Crippen LogP contribution in [0.5, 0.6) is 0 Å². The van der Waals surface area contributed by atoms with Crippen molar-refractivity contribution in [3.8, 4) is 0 Å². The van der Waals surface area contributed by atoms with Crippen LogP contribution in [0.1, 0.15) is 88.1 Å². The zero-order valence-corrected chi connectivity index (χ0v) is 21.1. The lowest BCUT2D eigenvalue weighted by atomic mass is 9.66. The summed E-state index contributed by atoms with van der Waals surface area (Å²) in [5, 5.41) is 1.06. The van der Waals surface area contributed by atoms with E-state index < -0.39 is 11.4 Å². The van der Waals surface area contributed by atoms with E-state index in [-0.39, 0.29) is 16.2 Å². The third-order valence-corrected chi connectivity index (χ3v) is 10.2. The molecule has 1 aromatic heterocycles. The fraction of sp³-hybridized carbons (Fsp3) is 0.615. The molecule has 1 aromatic carbocycles. The lowest BCUT2D eigenvalue weighted by molar-refractivity contribution is 0.139. The fourth-order valence-corrected chi connectivity index (χ4v) is 7.25.